The average Bonchev–Trinajstić information content (AvgIpc) is 3.15. The minimum Gasteiger partial charge on any atom is -0.467 e. The van der Waals surface area contributed by atoms with E-state index < -0.39 is 6.04 Å². The average molecular weight is 304 g/mol. The van der Waals surface area contributed by atoms with Gasteiger partial charge in [-0.3, -0.25) is 0 Å². The Morgan fingerprint density at radius 3 is 2.71 bits per heavy atom. The van der Waals surface area contributed by atoms with E-state index in [0.717, 1.165) is 16.5 Å². The number of hydrogen-bond donors (Lipinski definition) is 1. The Bertz CT molecular complexity index is 538. The fourth-order valence-corrected chi connectivity index (χ4v) is 4.27. The molecule has 0 bridgehead atoms. The third-order valence-corrected chi connectivity index (χ3v) is 5.38. The molecule has 1 aliphatic carbocycles. The maximum absolute atomic E-state index is 12.0. The number of thioether (sulfide) groups is 1. The van der Waals surface area contributed by atoms with Gasteiger partial charge in [0.2, 0.25) is 0 Å². The first-order chi connectivity index (χ1) is 10.2. The Hall–Kier alpha value is -1.49. The van der Waals surface area contributed by atoms with Crippen molar-refractivity contribution in [2.45, 2.75) is 37.3 Å². The molecule has 3 rings (SSSR count). The highest BCUT2D eigenvalue weighted by molar-refractivity contribution is 8.14. The summed E-state index contributed by atoms with van der Waals surface area (Å²) in [5.41, 5.74) is 1.08. The van der Waals surface area contributed by atoms with E-state index in [9.17, 15) is 4.79 Å². The summed E-state index contributed by atoms with van der Waals surface area (Å²) >= 11 is 1.72. The number of aliphatic imine (C=N–C) groups is 1. The fraction of sp³-hybridized carbons (Fsp3) is 0.500. The van der Waals surface area contributed by atoms with Crippen LogP contribution in [0.15, 0.2) is 35.3 Å². The van der Waals surface area contributed by atoms with Crippen molar-refractivity contribution in [1.82, 2.24) is 5.32 Å². The van der Waals surface area contributed by atoms with Crippen molar-refractivity contribution in [3.8, 4) is 0 Å². The normalized spacial score (nSPS) is 23.2. The third kappa shape index (κ3) is 3.07. The first-order valence-corrected chi connectivity index (χ1v) is 8.33. The summed E-state index contributed by atoms with van der Waals surface area (Å²) in [5, 5.41) is 4.42. The van der Waals surface area contributed by atoms with Crippen LogP contribution < -0.4 is 5.32 Å². The highest BCUT2D eigenvalue weighted by atomic mass is 32.2. The van der Waals surface area contributed by atoms with Gasteiger partial charge in [-0.15, -0.1) is 0 Å². The van der Waals surface area contributed by atoms with Crippen LogP contribution in [0.1, 0.15) is 37.3 Å². The molecule has 0 amide bonds. The molecule has 2 fully saturated rings. The van der Waals surface area contributed by atoms with Crippen LogP contribution in [0.4, 0.5) is 0 Å². The second kappa shape index (κ2) is 6.10. The molecule has 1 N–H and O–H groups in total. The number of ether oxygens (including phenoxy) is 1. The van der Waals surface area contributed by atoms with Gasteiger partial charge < -0.3 is 10.1 Å². The molecule has 112 valence electrons. The van der Waals surface area contributed by atoms with E-state index in [4.69, 9.17) is 4.74 Å². The van der Waals surface area contributed by atoms with Crippen LogP contribution in [0.25, 0.3) is 0 Å². The van der Waals surface area contributed by atoms with Gasteiger partial charge >= 0.3 is 5.97 Å². The number of benzene rings is 1. The van der Waals surface area contributed by atoms with Crippen LogP contribution in [0.3, 0.4) is 0 Å². The Morgan fingerprint density at radius 2 is 2.05 bits per heavy atom. The highest BCUT2D eigenvalue weighted by Crippen LogP contribution is 2.38. The molecular formula is C16H20N2O2S. The number of amidine groups is 1. The molecule has 1 spiro atoms. The molecule has 1 aliphatic heterocycles. The van der Waals surface area contributed by atoms with E-state index in [1.54, 1.807) is 11.8 Å². The monoisotopic (exact) mass is 304 g/mol. The van der Waals surface area contributed by atoms with Gasteiger partial charge in [-0.05, 0) is 18.4 Å². The van der Waals surface area contributed by atoms with Crippen molar-refractivity contribution < 1.29 is 9.53 Å². The minimum atomic E-state index is -0.581. The molecule has 1 atom stereocenters. The third-order valence-electron chi connectivity index (χ3n) is 4.20. The van der Waals surface area contributed by atoms with Gasteiger partial charge in [0.1, 0.15) is 0 Å². The van der Waals surface area contributed by atoms with Crippen molar-refractivity contribution in [1.29, 1.82) is 0 Å². The zero-order valence-corrected chi connectivity index (χ0v) is 13.0. The molecule has 21 heavy (non-hydrogen) atoms. The molecule has 0 aromatic heterocycles. The first kappa shape index (κ1) is 14.4. The zero-order valence-electron chi connectivity index (χ0n) is 12.2. The summed E-state index contributed by atoms with van der Waals surface area (Å²) in [6, 6.07) is 9.01. The van der Waals surface area contributed by atoms with Crippen molar-refractivity contribution in [3.05, 3.63) is 35.9 Å². The molecule has 5 heteroatoms. The molecule has 1 saturated heterocycles. The van der Waals surface area contributed by atoms with Crippen LogP contribution in [-0.2, 0) is 9.53 Å². The summed E-state index contributed by atoms with van der Waals surface area (Å²) in [6.07, 6.45) is 4.96. The molecule has 1 aromatic rings. The van der Waals surface area contributed by atoms with Crippen molar-refractivity contribution in [3.63, 3.8) is 0 Å². The molecule has 1 unspecified atom stereocenters. The van der Waals surface area contributed by atoms with Crippen LogP contribution >= 0.6 is 11.8 Å². The number of esters is 1. The lowest BCUT2D eigenvalue weighted by molar-refractivity contribution is -0.142. The highest BCUT2D eigenvalue weighted by Gasteiger charge is 2.40. The number of nitrogens with zero attached hydrogens (tertiary/aromatic N) is 1. The van der Waals surface area contributed by atoms with Gasteiger partial charge in [0.15, 0.2) is 11.2 Å². The number of nitrogens with one attached hydrogen (secondary N) is 1. The predicted octanol–water partition coefficient (Wildman–Crippen LogP) is 2.91. The van der Waals surface area contributed by atoms with Crippen molar-refractivity contribution >= 4 is 22.9 Å². The smallest absolute Gasteiger partial charge is 0.335 e. The summed E-state index contributed by atoms with van der Waals surface area (Å²) in [7, 11) is 1.41. The number of rotatable bonds is 3. The van der Waals surface area contributed by atoms with Crippen molar-refractivity contribution in [2.75, 3.05) is 12.9 Å². The summed E-state index contributed by atoms with van der Waals surface area (Å²) < 4.78 is 4.91. The quantitative estimate of drug-likeness (QED) is 0.872. The first-order valence-electron chi connectivity index (χ1n) is 7.34. The molecule has 4 nitrogen and oxygen atoms in total. The molecule has 0 radical (unpaired) electrons. The van der Waals surface area contributed by atoms with Gasteiger partial charge in [-0.25, -0.2) is 9.79 Å². The second-order valence-electron chi connectivity index (χ2n) is 5.67. The number of hydrogen-bond acceptors (Lipinski definition) is 4. The van der Waals surface area contributed by atoms with E-state index in [1.807, 2.05) is 30.3 Å². The van der Waals surface area contributed by atoms with E-state index in [2.05, 4.69) is 10.3 Å². The fourth-order valence-electron chi connectivity index (χ4n) is 3.02. The van der Waals surface area contributed by atoms with Gasteiger partial charge in [-0.2, -0.15) is 0 Å². The topological polar surface area (TPSA) is 50.7 Å². The van der Waals surface area contributed by atoms with Crippen molar-refractivity contribution in [2.24, 2.45) is 4.99 Å². The van der Waals surface area contributed by atoms with E-state index in [0.29, 0.717) is 0 Å². The Balaban J connectivity index is 1.82. The molecule has 1 saturated carbocycles. The van der Waals surface area contributed by atoms with Gasteiger partial charge in [0.05, 0.1) is 7.11 Å². The molecule has 1 heterocycles. The van der Waals surface area contributed by atoms with E-state index in [1.165, 1.54) is 32.8 Å². The Labute approximate surface area is 129 Å². The van der Waals surface area contributed by atoms with Gasteiger partial charge in [0, 0.05) is 11.3 Å². The maximum Gasteiger partial charge on any atom is 0.335 e. The number of carbonyl (C=O) groups is 1. The lowest BCUT2D eigenvalue weighted by atomic mass is 10.0. The second-order valence-corrected chi connectivity index (χ2v) is 6.64. The summed E-state index contributed by atoms with van der Waals surface area (Å²) in [5.74, 6) is 0.734. The Morgan fingerprint density at radius 1 is 1.33 bits per heavy atom. The van der Waals surface area contributed by atoms with E-state index >= 15 is 0 Å². The van der Waals surface area contributed by atoms with Crippen LogP contribution in [0.5, 0.6) is 0 Å². The van der Waals surface area contributed by atoms with Gasteiger partial charge in [0.25, 0.3) is 0 Å². The minimum absolute atomic E-state index is 0.209. The SMILES string of the molecule is COC(=O)C(N=C1NC2(CCCC2)CS1)c1ccccc1. The zero-order chi connectivity index (χ0) is 14.7. The maximum atomic E-state index is 12.0. The lowest BCUT2D eigenvalue weighted by Gasteiger charge is -2.22. The predicted molar refractivity (Wildman–Crippen MR) is 85.4 cm³/mol. The number of methoxy groups -OCH3 is 1. The lowest BCUT2D eigenvalue weighted by Crippen LogP contribution is -2.40. The standard InChI is InChI=1S/C16H20N2O2S/c1-20-14(19)13(12-7-3-2-4-8-12)17-15-18-16(11-21-15)9-5-6-10-16/h2-4,7-8,13H,5-6,9-11H2,1H3,(H,17,18). The molecule has 2 aliphatic rings. The largest absolute Gasteiger partial charge is 0.467 e. The van der Waals surface area contributed by atoms with E-state index in [-0.39, 0.29) is 11.5 Å². The van der Waals surface area contributed by atoms with Crippen LogP contribution in [0.2, 0.25) is 0 Å². The Kier molecular flexibility index (Phi) is 4.19. The van der Waals surface area contributed by atoms with Crippen LogP contribution in [0, 0.1) is 0 Å². The molecule has 1 aromatic carbocycles. The number of carbonyl (C=O) groups excluding carboxylic acids is 1. The summed E-state index contributed by atoms with van der Waals surface area (Å²) in [6.45, 7) is 0. The van der Waals surface area contributed by atoms with Crippen LogP contribution in [-0.4, -0.2) is 29.5 Å². The molecular weight excluding hydrogens is 284 g/mol. The van der Waals surface area contributed by atoms with Gasteiger partial charge in [-0.1, -0.05) is 54.9 Å². The summed E-state index contributed by atoms with van der Waals surface area (Å²) in [4.78, 5) is 16.7.